The molecule has 16 heavy (non-hydrogen) atoms. The average molecular weight is 222 g/mol. The van der Waals surface area contributed by atoms with E-state index in [-0.39, 0.29) is 5.92 Å². The number of hydrogen-bond acceptors (Lipinski definition) is 2. The minimum absolute atomic E-state index is 0.259. The molecule has 0 aromatic heterocycles. The number of aryl methyl sites for hydroxylation is 1. The molecule has 1 rings (SSSR count). The molecule has 0 heterocycles. The summed E-state index contributed by atoms with van der Waals surface area (Å²) in [6.07, 6.45) is 2.50. The predicted octanol–water partition coefficient (Wildman–Crippen LogP) is 2.74. The van der Waals surface area contributed by atoms with E-state index < -0.39 is 5.97 Å². The summed E-state index contributed by atoms with van der Waals surface area (Å²) in [4.78, 5) is 10.6. The lowest BCUT2D eigenvalue weighted by molar-refractivity contribution is -0.141. The monoisotopic (exact) mass is 222 g/mol. The summed E-state index contributed by atoms with van der Waals surface area (Å²) in [6, 6.07) is 7.89. The van der Waals surface area contributed by atoms with E-state index in [9.17, 15) is 4.79 Å². The van der Waals surface area contributed by atoms with Crippen LogP contribution in [0.5, 0.6) is 5.75 Å². The van der Waals surface area contributed by atoms with E-state index in [2.05, 4.69) is 0 Å². The molecule has 88 valence electrons. The number of carboxylic acids is 1. The quantitative estimate of drug-likeness (QED) is 0.805. The van der Waals surface area contributed by atoms with Gasteiger partial charge in [-0.1, -0.05) is 19.1 Å². The van der Waals surface area contributed by atoms with Crippen LogP contribution in [0.4, 0.5) is 0 Å². The van der Waals surface area contributed by atoms with E-state index in [1.54, 1.807) is 14.0 Å². The molecule has 1 aromatic carbocycles. The van der Waals surface area contributed by atoms with E-state index in [1.165, 1.54) is 5.56 Å². The molecule has 0 saturated heterocycles. The zero-order valence-corrected chi connectivity index (χ0v) is 9.77. The first-order valence-electron chi connectivity index (χ1n) is 5.49. The minimum atomic E-state index is -0.717. The molecule has 3 nitrogen and oxygen atoms in total. The second-order valence-corrected chi connectivity index (χ2v) is 3.98. The summed E-state index contributed by atoms with van der Waals surface area (Å²) >= 11 is 0. The Morgan fingerprint density at radius 3 is 2.88 bits per heavy atom. The van der Waals surface area contributed by atoms with Crippen LogP contribution >= 0.6 is 0 Å². The van der Waals surface area contributed by atoms with E-state index in [4.69, 9.17) is 9.84 Å². The Morgan fingerprint density at radius 2 is 2.25 bits per heavy atom. The van der Waals surface area contributed by atoms with Crippen LogP contribution in [0.1, 0.15) is 25.3 Å². The molecule has 0 fully saturated rings. The molecule has 3 heteroatoms. The maximum Gasteiger partial charge on any atom is 0.306 e. The van der Waals surface area contributed by atoms with Gasteiger partial charge in [0.05, 0.1) is 13.0 Å². The molecule has 0 aliphatic rings. The van der Waals surface area contributed by atoms with Crippen molar-refractivity contribution in [3.05, 3.63) is 29.8 Å². The SMILES string of the molecule is COc1cccc(CCCC(C)C(=O)O)c1. The molecule has 1 unspecified atom stereocenters. The summed E-state index contributed by atoms with van der Waals surface area (Å²) < 4.78 is 5.13. The molecule has 0 aliphatic carbocycles. The van der Waals surface area contributed by atoms with Gasteiger partial charge in [-0.25, -0.2) is 0 Å². The van der Waals surface area contributed by atoms with Gasteiger partial charge in [-0.2, -0.15) is 0 Å². The first-order chi connectivity index (χ1) is 7.63. The second kappa shape index (κ2) is 6.16. The Bertz CT molecular complexity index is 347. The Balaban J connectivity index is 2.39. The molecular weight excluding hydrogens is 204 g/mol. The molecule has 0 aliphatic heterocycles. The van der Waals surface area contributed by atoms with Crippen molar-refractivity contribution in [2.45, 2.75) is 26.2 Å². The molecule has 0 amide bonds. The van der Waals surface area contributed by atoms with Gasteiger partial charge in [0, 0.05) is 0 Å². The van der Waals surface area contributed by atoms with Crippen LogP contribution in [0.3, 0.4) is 0 Å². The van der Waals surface area contributed by atoms with Crippen LogP contribution in [0.2, 0.25) is 0 Å². The van der Waals surface area contributed by atoms with Crippen molar-refractivity contribution in [2.24, 2.45) is 5.92 Å². The maximum absolute atomic E-state index is 10.6. The van der Waals surface area contributed by atoms with Gasteiger partial charge in [0.2, 0.25) is 0 Å². The van der Waals surface area contributed by atoms with Gasteiger partial charge in [-0.15, -0.1) is 0 Å². The largest absolute Gasteiger partial charge is 0.497 e. The van der Waals surface area contributed by atoms with Crippen molar-refractivity contribution < 1.29 is 14.6 Å². The highest BCUT2D eigenvalue weighted by molar-refractivity contribution is 5.69. The van der Waals surface area contributed by atoms with Crippen molar-refractivity contribution in [2.75, 3.05) is 7.11 Å². The summed E-state index contributed by atoms with van der Waals surface area (Å²) in [5, 5.41) is 8.74. The first kappa shape index (κ1) is 12.6. The molecule has 1 atom stereocenters. The van der Waals surface area contributed by atoms with Gasteiger partial charge in [-0.3, -0.25) is 4.79 Å². The number of hydrogen-bond donors (Lipinski definition) is 1. The lowest BCUT2D eigenvalue weighted by atomic mass is 10.0. The fraction of sp³-hybridized carbons (Fsp3) is 0.462. The Morgan fingerprint density at radius 1 is 1.50 bits per heavy atom. The van der Waals surface area contributed by atoms with Crippen LogP contribution in [-0.4, -0.2) is 18.2 Å². The van der Waals surface area contributed by atoms with Gasteiger partial charge in [0.1, 0.15) is 5.75 Å². The van der Waals surface area contributed by atoms with Gasteiger partial charge < -0.3 is 9.84 Å². The van der Waals surface area contributed by atoms with E-state index in [1.807, 2.05) is 24.3 Å². The van der Waals surface area contributed by atoms with Crippen molar-refractivity contribution in [3.63, 3.8) is 0 Å². The third-order valence-electron chi connectivity index (χ3n) is 2.66. The van der Waals surface area contributed by atoms with Gasteiger partial charge in [0.15, 0.2) is 0 Å². The zero-order valence-electron chi connectivity index (χ0n) is 9.77. The summed E-state index contributed by atoms with van der Waals surface area (Å²) in [7, 11) is 1.64. The number of rotatable bonds is 6. The van der Waals surface area contributed by atoms with Crippen LogP contribution in [0, 0.1) is 5.92 Å². The zero-order chi connectivity index (χ0) is 12.0. The van der Waals surface area contributed by atoms with Gasteiger partial charge in [0.25, 0.3) is 0 Å². The average Bonchev–Trinajstić information content (AvgIpc) is 2.29. The Hall–Kier alpha value is -1.51. The summed E-state index contributed by atoms with van der Waals surface area (Å²) in [5.74, 6) is -0.125. The first-order valence-corrected chi connectivity index (χ1v) is 5.49. The highest BCUT2D eigenvalue weighted by Gasteiger charge is 2.09. The number of carboxylic acid groups (broad SMARTS) is 1. The summed E-state index contributed by atoms with van der Waals surface area (Å²) in [6.45, 7) is 1.74. The van der Waals surface area contributed by atoms with Gasteiger partial charge >= 0.3 is 5.97 Å². The Kier molecular flexibility index (Phi) is 4.83. The fourth-order valence-corrected chi connectivity index (χ4v) is 1.56. The number of benzene rings is 1. The van der Waals surface area contributed by atoms with E-state index >= 15 is 0 Å². The highest BCUT2D eigenvalue weighted by Crippen LogP contribution is 2.16. The number of methoxy groups -OCH3 is 1. The minimum Gasteiger partial charge on any atom is -0.497 e. The van der Waals surface area contributed by atoms with Gasteiger partial charge in [-0.05, 0) is 37.0 Å². The van der Waals surface area contributed by atoms with Crippen LogP contribution in [0.25, 0.3) is 0 Å². The third-order valence-corrected chi connectivity index (χ3v) is 2.66. The number of carbonyl (C=O) groups is 1. The summed E-state index contributed by atoms with van der Waals surface area (Å²) in [5.41, 5.74) is 1.19. The van der Waals surface area contributed by atoms with Crippen LogP contribution in [-0.2, 0) is 11.2 Å². The van der Waals surface area contributed by atoms with Crippen LogP contribution < -0.4 is 4.74 Å². The molecule has 0 spiro atoms. The van der Waals surface area contributed by atoms with E-state index in [0.29, 0.717) is 6.42 Å². The Labute approximate surface area is 96.1 Å². The van der Waals surface area contributed by atoms with Crippen molar-refractivity contribution in [1.82, 2.24) is 0 Å². The van der Waals surface area contributed by atoms with Crippen molar-refractivity contribution in [1.29, 1.82) is 0 Å². The predicted molar refractivity (Wildman–Crippen MR) is 62.7 cm³/mol. The van der Waals surface area contributed by atoms with E-state index in [0.717, 1.165) is 18.6 Å². The topological polar surface area (TPSA) is 46.5 Å². The molecule has 1 N–H and O–H groups in total. The van der Waals surface area contributed by atoms with Crippen LogP contribution in [0.15, 0.2) is 24.3 Å². The maximum atomic E-state index is 10.6. The second-order valence-electron chi connectivity index (χ2n) is 3.98. The standard InChI is InChI=1S/C13H18O3/c1-10(13(14)15)5-3-6-11-7-4-8-12(9-11)16-2/h4,7-10H,3,5-6H2,1-2H3,(H,14,15). The molecule has 0 bridgehead atoms. The lowest BCUT2D eigenvalue weighted by Gasteiger charge is -2.06. The number of ether oxygens (including phenoxy) is 1. The fourth-order valence-electron chi connectivity index (χ4n) is 1.56. The highest BCUT2D eigenvalue weighted by atomic mass is 16.5. The molecule has 0 saturated carbocycles. The third kappa shape index (κ3) is 3.93. The van der Waals surface area contributed by atoms with Crippen molar-refractivity contribution >= 4 is 5.97 Å². The smallest absolute Gasteiger partial charge is 0.306 e. The lowest BCUT2D eigenvalue weighted by Crippen LogP contribution is -2.09. The normalized spacial score (nSPS) is 12.1. The molecule has 1 aromatic rings. The van der Waals surface area contributed by atoms with Crippen molar-refractivity contribution in [3.8, 4) is 5.75 Å². The molecular formula is C13H18O3. The molecule has 0 radical (unpaired) electrons. The number of aliphatic carboxylic acids is 1.